The fraction of sp³-hybridized carbons (Fsp3) is 0.857. The summed E-state index contributed by atoms with van der Waals surface area (Å²) in [5.74, 6) is -1.52. The molecule has 0 bridgehead atoms. The molecule has 1 aliphatic heterocycles. The van der Waals surface area contributed by atoms with Crippen molar-refractivity contribution in [3.8, 4) is 0 Å². The van der Waals surface area contributed by atoms with E-state index in [9.17, 15) is 26.4 Å². The minimum atomic E-state index is -4.77. The summed E-state index contributed by atoms with van der Waals surface area (Å²) in [5.41, 5.74) is -2.64. The fourth-order valence-corrected chi connectivity index (χ4v) is 2.05. The van der Waals surface area contributed by atoms with Crippen LogP contribution in [0.25, 0.3) is 0 Å². The lowest BCUT2D eigenvalue weighted by molar-refractivity contribution is -0.214. The molecule has 16 heavy (non-hydrogen) atoms. The highest BCUT2D eigenvalue weighted by Gasteiger charge is 2.61. The van der Waals surface area contributed by atoms with Crippen LogP contribution in [-0.4, -0.2) is 39.8 Å². The molecule has 1 saturated heterocycles. The second-order valence-electron chi connectivity index (χ2n) is 3.71. The molecule has 0 aromatic rings. The number of rotatable bonds is 2. The van der Waals surface area contributed by atoms with Gasteiger partial charge >= 0.3 is 6.18 Å². The van der Waals surface area contributed by atoms with Crippen molar-refractivity contribution in [2.75, 3.05) is 19.3 Å². The maximum absolute atomic E-state index is 12.7. The van der Waals surface area contributed by atoms with Gasteiger partial charge < -0.3 is 5.32 Å². The van der Waals surface area contributed by atoms with E-state index in [1.807, 2.05) is 0 Å². The van der Waals surface area contributed by atoms with Gasteiger partial charge in [0.2, 0.25) is 15.9 Å². The number of carbonyl (C=O) groups is 1. The van der Waals surface area contributed by atoms with Crippen molar-refractivity contribution in [2.24, 2.45) is 5.41 Å². The van der Waals surface area contributed by atoms with E-state index in [0.29, 0.717) is 6.26 Å². The Labute approximate surface area is 90.4 Å². The van der Waals surface area contributed by atoms with E-state index in [1.165, 1.54) is 4.72 Å². The van der Waals surface area contributed by atoms with Gasteiger partial charge in [-0.3, -0.25) is 9.52 Å². The second-order valence-corrected chi connectivity index (χ2v) is 5.46. The van der Waals surface area contributed by atoms with Crippen LogP contribution in [0.4, 0.5) is 13.2 Å². The molecule has 9 heteroatoms. The number of carbonyl (C=O) groups excluding carboxylic acids is 1. The van der Waals surface area contributed by atoms with Crippen molar-refractivity contribution >= 4 is 15.9 Å². The van der Waals surface area contributed by atoms with Gasteiger partial charge in [0.15, 0.2) is 5.41 Å². The molecule has 94 valence electrons. The van der Waals surface area contributed by atoms with Crippen LogP contribution in [0.3, 0.4) is 0 Å². The molecule has 1 amide bonds. The summed E-state index contributed by atoms with van der Waals surface area (Å²) in [6.07, 6.45) is -4.60. The minimum Gasteiger partial charge on any atom is -0.315 e. The van der Waals surface area contributed by atoms with E-state index in [4.69, 9.17) is 0 Å². The highest BCUT2D eigenvalue weighted by Crippen LogP contribution is 2.43. The summed E-state index contributed by atoms with van der Waals surface area (Å²) in [4.78, 5) is 11.4. The highest BCUT2D eigenvalue weighted by molar-refractivity contribution is 7.89. The van der Waals surface area contributed by atoms with E-state index in [0.717, 1.165) is 0 Å². The molecule has 1 rings (SSSR count). The van der Waals surface area contributed by atoms with Crippen LogP contribution in [0.1, 0.15) is 6.42 Å². The Kier molecular flexibility index (Phi) is 3.21. The molecule has 2 N–H and O–H groups in total. The third kappa shape index (κ3) is 2.46. The molecule has 1 fully saturated rings. The van der Waals surface area contributed by atoms with Crippen LogP contribution in [0.15, 0.2) is 0 Å². The standard InChI is InChI=1S/C7H11F3N2O3S/c1-16(14,15)12-5(13)6(7(8,9)10)2-3-11-4-6/h11H,2-4H2,1H3,(H,12,13). The largest absolute Gasteiger partial charge is 0.404 e. The van der Waals surface area contributed by atoms with E-state index in [-0.39, 0.29) is 6.54 Å². The minimum absolute atomic E-state index is 0.0245. The van der Waals surface area contributed by atoms with Crippen LogP contribution < -0.4 is 10.0 Å². The second kappa shape index (κ2) is 3.88. The maximum atomic E-state index is 12.7. The quantitative estimate of drug-likeness (QED) is 0.708. The average Bonchev–Trinajstić information content (AvgIpc) is 2.46. The van der Waals surface area contributed by atoms with E-state index < -0.39 is 40.5 Å². The van der Waals surface area contributed by atoms with Crippen molar-refractivity contribution in [1.29, 1.82) is 0 Å². The number of amides is 1. The lowest BCUT2D eigenvalue weighted by Gasteiger charge is -2.28. The van der Waals surface area contributed by atoms with Crippen molar-refractivity contribution in [1.82, 2.24) is 10.0 Å². The van der Waals surface area contributed by atoms with E-state index >= 15 is 0 Å². The topological polar surface area (TPSA) is 75.3 Å². The molecule has 0 saturated carbocycles. The summed E-state index contributed by atoms with van der Waals surface area (Å²) < 4.78 is 61.1. The summed E-state index contributed by atoms with van der Waals surface area (Å²) >= 11 is 0. The molecule has 0 spiro atoms. The first-order chi connectivity index (χ1) is 7.08. The van der Waals surface area contributed by atoms with Gasteiger partial charge in [0.05, 0.1) is 6.26 Å². The Morgan fingerprint density at radius 3 is 2.31 bits per heavy atom. The third-order valence-electron chi connectivity index (χ3n) is 2.41. The van der Waals surface area contributed by atoms with Gasteiger partial charge in [-0.2, -0.15) is 13.2 Å². The van der Waals surface area contributed by atoms with Crippen LogP contribution in [0, 0.1) is 5.41 Å². The van der Waals surface area contributed by atoms with Gasteiger partial charge in [0.1, 0.15) is 0 Å². The Morgan fingerprint density at radius 1 is 1.44 bits per heavy atom. The van der Waals surface area contributed by atoms with E-state index in [2.05, 4.69) is 5.32 Å². The molecule has 1 unspecified atom stereocenters. The molecule has 1 heterocycles. The van der Waals surface area contributed by atoms with Crippen LogP contribution in [0.5, 0.6) is 0 Å². The molecule has 0 aliphatic carbocycles. The Morgan fingerprint density at radius 2 is 2.00 bits per heavy atom. The van der Waals surface area contributed by atoms with E-state index in [1.54, 1.807) is 0 Å². The first-order valence-electron chi connectivity index (χ1n) is 4.38. The molecular formula is C7H11F3N2O3S. The number of hydrogen-bond acceptors (Lipinski definition) is 4. The summed E-state index contributed by atoms with van der Waals surface area (Å²) in [6, 6.07) is 0. The zero-order valence-electron chi connectivity index (χ0n) is 8.39. The summed E-state index contributed by atoms with van der Waals surface area (Å²) in [6.45, 7) is -0.575. The van der Waals surface area contributed by atoms with Crippen molar-refractivity contribution in [2.45, 2.75) is 12.6 Å². The number of nitrogens with one attached hydrogen (secondary N) is 2. The molecular weight excluding hydrogens is 249 g/mol. The van der Waals surface area contributed by atoms with Crippen molar-refractivity contribution < 1.29 is 26.4 Å². The molecule has 0 aromatic carbocycles. The van der Waals surface area contributed by atoms with Gasteiger partial charge in [-0.15, -0.1) is 0 Å². The predicted molar refractivity (Wildman–Crippen MR) is 49.0 cm³/mol. The van der Waals surface area contributed by atoms with Crippen molar-refractivity contribution in [3.05, 3.63) is 0 Å². The van der Waals surface area contributed by atoms with Gasteiger partial charge in [-0.1, -0.05) is 0 Å². The number of halogens is 3. The van der Waals surface area contributed by atoms with Crippen LogP contribution in [-0.2, 0) is 14.8 Å². The summed E-state index contributed by atoms with van der Waals surface area (Å²) in [5, 5.41) is 2.41. The fourth-order valence-electron chi connectivity index (χ4n) is 1.52. The summed E-state index contributed by atoms with van der Waals surface area (Å²) in [7, 11) is -3.99. The number of sulfonamides is 1. The van der Waals surface area contributed by atoms with Gasteiger partial charge in [-0.25, -0.2) is 8.42 Å². The van der Waals surface area contributed by atoms with Crippen molar-refractivity contribution in [3.63, 3.8) is 0 Å². The normalized spacial score (nSPS) is 26.8. The first-order valence-corrected chi connectivity index (χ1v) is 6.27. The molecule has 0 radical (unpaired) electrons. The zero-order valence-corrected chi connectivity index (χ0v) is 9.20. The lowest BCUT2D eigenvalue weighted by Crippen LogP contribution is -2.53. The Bertz CT molecular complexity index is 384. The highest BCUT2D eigenvalue weighted by atomic mass is 32.2. The molecule has 1 aliphatic rings. The lowest BCUT2D eigenvalue weighted by atomic mass is 9.85. The van der Waals surface area contributed by atoms with Gasteiger partial charge in [-0.05, 0) is 13.0 Å². The molecule has 1 atom stereocenters. The smallest absolute Gasteiger partial charge is 0.315 e. The third-order valence-corrected chi connectivity index (χ3v) is 2.97. The van der Waals surface area contributed by atoms with Gasteiger partial charge in [0.25, 0.3) is 0 Å². The SMILES string of the molecule is CS(=O)(=O)NC(=O)C1(C(F)(F)F)CCNC1. The van der Waals surface area contributed by atoms with Gasteiger partial charge in [0, 0.05) is 6.54 Å². The maximum Gasteiger partial charge on any atom is 0.404 e. The Hall–Kier alpha value is -0.830. The Balaban J connectivity index is 3.00. The first kappa shape index (κ1) is 13.2. The number of hydrogen-bond donors (Lipinski definition) is 2. The monoisotopic (exact) mass is 260 g/mol. The predicted octanol–water partition coefficient (Wildman–Crippen LogP) is -0.396. The molecule has 5 nitrogen and oxygen atoms in total. The van der Waals surface area contributed by atoms with Crippen LogP contribution in [0.2, 0.25) is 0 Å². The molecule has 0 aromatic heterocycles. The average molecular weight is 260 g/mol. The van der Waals surface area contributed by atoms with Crippen LogP contribution >= 0.6 is 0 Å². The zero-order chi connectivity index (χ0) is 12.6. The number of alkyl halides is 3.